The number of carbonyl (C=O) groups is 1. The summed E-state index contributed by atoms with van der Waals surface area (Å²) in [5, 5.41) is 4.05. The monoisotopic (exact) mass is 301 g/mol. The van der Waals surface area contributed by atoms with Crippen LogP contribution in [0, 0.1) is 5.82 Å². The quantitative estimate of drug-likeness (QED) is 0.838. The first-order chi connectivity index (χ1) is 10.2. The average molecular weight is 301 g/mol. The molecule has 2 nitrogen and oxygen atoms in total. The molecule has 1 aromatic heterocycles. The Morgan fingerprint density at radius 3 is 2.71 bits per heavy atom. The van der Waals surface area contributed by atoms with Crippen molar-refractivity contribution in [2.45, 2.75) is 38.0 Å². The van der Waals surface area contributed by atoms with E-state index in [4.69, 9.17) is 0 Å². The van der Waals surface area contributed by atoms with Gasteiger partial charge in [-0.3, -0.25) is 4.79 Å². The first kappa shape index (κ1) is 13.0. The Labute approximate surface area is 127 Å². The second-order valence-corrected chi connectivity index (χ2v) is 6.92. The lowest BCUT2D eigenvalue weighted by Crippen LogP contribution is -2.23. The molecule has 2 aromatic rings. The highest BCUT2D eigenvalue weighted by Gasteiger charge is 2.33. The fraction of sp³-hybridized carbons (Fsp3) is 0.353. The van der Waals surface area contributed by atoms with Crippen molar-refractivity contribution in [3.05, 3.63) is 51.7 Å². The zero-order valence-corrected chi connectivity index (χ0v) is 12.4. The van der Waals surface area contributed by atoms with Crippen molar-refractivity contribution < 1.29 is 9.18 Å². The molecule has 4 heteroatoms. The number of nitrogens with one attached hydrogen (secondary N) is 1. The normalized spacial score (nSPS) is 20.6. The van der Waals surface area contributed by atoms with Crippen LogP contribution in [-0.4, -0.2) is 5.91 Å². The minimum Gasteiger partial charge on any atom is -0.317 e. The van der Waals surface area contributed by atoms with Crippen molar-refractivity contribution in [3.63, 3.8) is 0 Å². The number of halogens is 1. The number of anilines is 1. The molecule has 2 aliphatic rings. The number of fused-ring (bicyclic) bond motifs is 3. The van der Waals surface area contributed by atoms with Gasteiger partial charge in [0, 0.05) is 17.2 Å². The maximum absolute atomic E-state index is 13.2. The summed E-state index contributed by atoms with van der Waals surface area (Å²) in [5.41, 5.74) is 3.77. The lowest BCUT2D eigenvalue weighted by molar-refractivity contribution is -0.116. The van der Waals surface area contributed by atoms with Crippen LogP contribution in [0.4, 0.5) is 9.39 Å². The van der Waals surface area contributed by atoms with Crippen molar-refractivity contribution in [3.8, 4) is 0 Å². The number of hydrogen-bond donors (Lipinski definition) is 1. The van der Waals surface area contributed by atoms with Gasteiger partial charge in [0.05, 0.1) is 5.00 Å². The molecular formula is C17H16FNOS. The zero-order chi connectivity index (χ0) is 14.4. The van der Waals surface area contributed by atoms with E-state index in [2.05, 4.69) is 5.32 Å². The predicted octanol–water partition coefficient (Wildman–Crippen LogP) is 4.24. The van der Waals surface area contributed by atoms with E-state index in [0.29, 0.717) is 6.42 Å². The fourth-order valence-corrected chi connectivity index (χ4v) is 4.86. The molecule has 2 heterocycles. The third-order valence-electron chi connectivity index (χ3n) is 4.48. The van der Waals surface area contributed by atoms with E-state index >= 15 is 0 Å². The molecular weight excluding hydrogens is 285 g/mol. The molecule has 21 heavy (non-hydrogen) atoms. The van der Waals surface area contributed by atoms with Gasteiger partial charge in [-0.25, -0.2) is 4.39 Å². The lowest BCUT2D eigenvalue weighted by Gasteiger charge is -2.25. The summed E-state index contributed by atoms with van der Waals surface area (Å²) in [7, 11) is 0. The lowest BCUT2D eigenvalue weighted by atomic mass is 9.82. The van der Waals surface area contributed by atoms with Gasteiger partial charge < -0.3 is 5.32 Å². The van der Waals surface area contributed by atoms with E-state index < -0.39 is 0 Å². The molecule has 108 valence electrons. The van der Waals surface area contributed by atoms with Gasteiger partial charge in [-0.05, 0) is 54.5 Å². The van der Waals surface area contributed by atoms with E-state index in [1.807, 2.05) is 12.1 Å². The van der Waals surface area contributed by atoms with Gasteiger partial charge in [-0.2, -0.15) is 0 Å². The van der Waals surface area contributed by atoms with Gasteiger partial charge in [-0.15, -0.1) is 11.3 Å². The Balaban J connectivity index is 1.84. The Bertz CT molecular complexity index is 704. The van der Waals surface area contributed by atoms with Crippen LogP contribution in [-0.2, 0) is 17.6 Å². The smallest absolute Gasteiger partial charge is 0.225 e. The molecule has 1 N–H and O–H groups in total. The van der Waals surface area contributed by atoms with Gasteiger partial charge in [0.1, 0.15) is 5.82 Å². The largest absolute Gasteiger partial charge is 0.317 e. The van der Waals surface area contributed by atoms with Gasteiger partial charge in [0.2, 0.25) is 5.91 Å². The molecule has 0 saturated heterocycles. The van der Waals surface area contributed by atoms with Crippen molar-refractivity contribution in [2.75, 3.05) is 5.32 Å². The standard InChI is InChI=1S/C17H16FNOS/c18-11-7-5-10(6-8-11)13-9-15(20)19-17-16(13)12-3-1-2-4-14(12)21-17/h5-8,13H,1-4,9H2,(H,19,20)/t13-/m0/s1. The SMILES string of the molecule is O=C1C[C@@H](c2ccc(F)cc2)c2c(sc3c2CCCC3)N1. The third kappa shape index (κ3) is 2.18. The maximum atomic E-state index is 13.2. The van der Waals surface area contributed by atoms with Crippen LogP contribution >= 0.6 is 11.3 Å². The van der Waals surface area contributed by atoms with Gasteiger partial charge in [-0.1, -0.05) is 12.1 Å². The van der Waals surface area contributed by atoms with Crippen molar-refractivity contribution >= 4 is 22.2 Å². The van der Waals surface area contributed by atoms with Crippen molar-refractivity contribution in [1.29, 1.82) is 0 Å². The van der Waals surface area contributed by atoms with Crippen LogP contribution in [0.25, 0.3) is 0 Å². The van der Waals surface area contributed by atoms with Crippen LogP contribution < -0.4 is 5.32 Å². The first-order valence-electron chi connectivity index (χ1n) is 7.42. The molecule has 0 bridgehead atoms. The Morgan fingerprint density at radius 1 is 1.14 bits per heavy atom. The second-order valence-electron chi connectivity index (χ2n) is 5.81. The highest BCUT2D eigenvalue weighted by molar-refractivity contribution is 7.16. The average Bonchev–Trinajstić information content (AvgIpc) is 2.85. The van der Waals surface area contributed by atoms with Crippen molar-refractivity contribution in [1.82, 2.24) is 0 Å². The molecule has 0 radical (unpaired) electrons. The molecule has 4 rings (SSSR count). The van der Waals surface area contributed by atoms with E-state index in [1.165, 1.54) is 41.0 Å². The number of benzene rings is 1. The molecule has 0 fully saturated rings. The third-order valence-corrected chi connectivity index (χ3v) is 5.70. The van der Waals surface area contributed by atoms with Crippen LogP contribution in [0.15, 0.2) is 24.3 Å². The summed E-state index contributed by atoms with van der Waals surface area (Å²) >= 11 is 1.74. The zero-order valence-electron chi connectivity index (χ0n) is 11.6. The molecule has 0 spiro atoms. The van der Waals surface area contributed by atoms with Gasteiger partial charge >= 0.3 is 0 Å². The van der Waals surface area contributed by atoms with Crippen LogP contribution in [0.3, 0.4) is 0 Å². The fourth-order valence-electron chi connectivity index (χ4n) is 3.50. The van der Waals surface area contributed by atoms with E-state index in [1.54, 1.807) is 11.3 Å². The molecule has 1 aromatic carbocycles. The summed E-state index contributed by atoms with van der Waals surface area (Å²) in [6.07, 6.45) is 5.15. The summed E-state index contributed by atoms with van der Waals surface area (Å²) in [6.45, 7) is 0. The highest BCUT2D eigenvalue weighted by Crippen LogP contribution is 2.47. The Morgan fingerprint density at radius 2 is 1.90 bits per heavy atom. The highest BCUT2D eigenvalue weighted by atomic mass is 32.1. The molecule has 0 saturated carbocycles. The topological polar surface area (TPSA) is 29.1 Å². The molecule has 1 atom stereocenters. The first-order valence-corrected chi connectivity index (χ1v) is 8.24. The van der Waals surface area contributed by atoms with Gasteiger partial charge in [0.15, 0.2) is 0 Å². The van der Waals surface area contributed by atoms with E-state index in [-0.39, 0.29) is 17.6 Å². The molecule has 1 aliphatic carbocycles. The molecule has 1 amide bonds. The summed E-state index contributed by atoms with van der Waals surface area (Å²) in [4.78, 5) is 13.4. The van der Waals surface area contributed by atoms with Crippen LogP contribution in [0.5, 0.6) is 0 Å². The minimum absolute atomic E-state index is 0.0652. The molecule has 0 unspecified atom stereocenters. The number of rotatable bonds is 1. The van der Waals surface area contributed by atoms with Crippen LogP contribution in [0.2, 0.25) is 0 Å². The maximum Gasteiger partial charge on any atom is 0.225 e. The predicted molar refractivity (Wildman–Crippen MR) is 82.5 cm³/mol. The number of hydrogen-bond acceptors (Lipinski definition) is 2. The van der Waals surface area contributed by atoms with Gasteiger partial charge in [0.25, 0.3) is 0 Å². The number of thiophene rings is 1. The second kappa shape index (κ2) is 4.95. The van der Waals surface area contributed by atoms with E-state index in [0.717, 1.165) is 23.4 Å². The Kier molecular flexibility index (Phi) is 3.07. The van der Waals surface area contributed by atoms with Crippen LogP contribution in [0.1, 0.15) is 46.7 Å². The number of aryl methyl sites for hydroxylation is 1. The summed E-state index contributed by atoms with van der Waals surface area (Å²) in [6, 6.07) is 6.60. The number of carbonyl (C=O) groups excluding carboxylic acids is 1. The number of amides is 1. The summed E-state index contributed by atoms with van der Waals surface area (Å²) in [5.74, 6) is -0.0885. The van der Waals surface area contributed by atoms with E-state index in [9.17, 15) is 9.18 Å². The molecule has 1 aliphatic heterocycles. The Hall–Kier alpha value is -1.68. The minimum atomic E-state index is -0.230. The summed E-state index contributed by atoms with van der Waals surface area (Å²) < 4.78 is 13.2. The van der Waals surface area contributed by atoms with Crippen molar-refractivity contribution in [2.24, 2.45) is 0 Å².